The van der Waals surface area contributed by atoms with Crippen molar-refractivity contribution >= 4 is 27.8 Å². The summed E-state index contributed by atoms with van der Waals surface area (Å²) in [5.74, 6) is -1.94. The van der Waals surface area contributed by atoms with E-state index in [1.165, 1.54) is 0 Å². The summed E-state index contributed by atoms with van der Waals surface area (Å²) >= 11 is 0. The molecule has 4 aromatic rings. The van der Waals surface area contributed by atoms with Gasteiger partial charge in [-0.25, -0.2) is 4.79 Å². The van der Waals surface area contributed by atoms with Crippen LogP contribution in [-0.2, 0) is 9.53 Å². The normalized spacial score (nSPS) is 17.7. The third-order valence-electron chi connectivity index (χ3n) is 5.84. The summed E-state index contributed by atoms with van der Waals surface area (Å²) in [5, 5.41) is 12.6. The third-order valence-corrected chi connectivity index (χ3v) is 5.84. The van der Waals surface area contributed by atoms with Crippen molar-refractivity contribution in [2.24, 2.45) is 0 Å². The zero-order valence-corrected chi connectivity index (χ0v) is 19.2. The Hall–Kier alpha value is -3.83. The molecule has 11 heteroatoms. The summed E-state index contributed by atoms with van der Waals surface area (Å²) < 4.78 is 43.1. The number of nitrogens with one attached hydrogen (secondary N) is 3. The fraction of sp³-hybridized carbons (Fsp3) is 0.280. The molecule has 0 amide bonds. The van der Waals surface area contributed by atoms with Crippen LogP contribution >= 0.6 is 0 Å². The standard InChI is InChI=1S/C23H23N3O3.C2HF3O2/c1-28-18-11-16(24-12-18)13-29-17-6-7-21-15(8-17)10-22(25-21)19-9-14-4-2-3-5-20(14)26-23(19)27;3-2(4,5)1(6)7/h2-10,16,18,24-25H,11-13H2,1H3,(H,26,27);(H,6,7)/t16-,18-;/m1./s1. The van der Waals surface area contributed by atoms with Gasteiger partial charge >= 0.3 is 12.1 Å². The molecule has 3 heterocycles. The molecule has 36 heavy (non-hydrogen) atoms. The first-order valence-corrected chi connectivity index (χ1v) is 11.1. The van der Waals surface area contributed by atoms with Crippen molar-refractivity contribution in [3.8, 4) is 17.0 Å². The van der Waals surface area contributed by atoms with Gasteiger partial charge in [-0.15, -0.1) is 0 Å². The number of aromatic nitrogens is 2. The van der Waals surface area contributed by atoms with Gasteiger partial charge in [-0.2, -0.15) is 13.2 Å². The second-order valence-electron chi connectivity index (χ2n) is 8.34. The second kappa shape index (κ2) is 10.4. The van der Waals surface area contributed by atoms with Crippen LogP contribution in [0.3, 0.4) is 0 Å². The Morgan fingerprint density at radius 2 is 1.78 bits per heavy atom. The summed E-state index contributed by atoms with van der Waals surface area (Å²) in [6, 6.07) is 18.0. The maximum Gasteiger partial charge on any atom is 0.490 e. The highest BCUT2D eigenvalue weighted by Gasteiger charge is 2.38. The van der Waals surface area contributed by atoms with Crippen molar-refractivity contribution in [2.45, 2.75) is 24.7 Å². The zero-order valence-electron chi connectivity index (χ0n) is 19.2. The quantitative estimate of drug-likeness (QED) is 0.326. The number of pyridine rings is 1. The van der Waals surface area contributed by atoms with Crippen LogP contribution in [0.5, 0.6) is 5.75 Å². The largest absolute Gasteiger partial charge is 0.492 e. The number of para-hydroxylation sites is 1. The molecule has 1 aliphatic heterocycles. The molecule has 8 nitrogen and oxygen atoms in total. The Morgan fingerprint density at radius 1 is 1.06 bits per heavy atom. The number of ether oxygens (including phenoxy) is 2. The highest BCUT2D eigenvalue weighted by Crippen LogP contribution is 2.27. The van der Waals surface area contributed by atoms with E-state index in [2.05, 4.69) is 15.3 Å². The van der Waals surface area contributed by atoms with Crippen LogP contribution < -0.4 is 15.6 Å². The van der Waals surface area contributed by atoms with Crippen LogP contribution in [0, 0.1) is 0 Å². The van der Waals surface area contributed by atoms with E-state index in [-0.39, 0.29) is 11.7 Å². The van der Waals surface area contributed by atoms with Gasteiger partial charge < -0.3 is 29.9 Å². The molecular weight excluding hydrogens is 479 g/mol. The lowest BCUT2D eigenvalue weighted by molar-refractivity contribution is -0.192. The van der Waals surface area contributed by atoms with E-state index in [0.29, 0.717) is 18.2 Å². The van der Waals surface area contributed by atoms with E-state index in [0.717, 1.165) is 46.2 Å². The molecule has 4 N–H and O–H groups in total. The van der Waals surface area contributed by atoms with Crippen molar-refractivity contribution in [1.82, 2.24) is 15.3 Å². The number of aliphatic carboxylic acids is 1. The third kappa shape index (κ3) is 5.86. The highest BCUT2D eigenvalue weighted by atomic mass is 19.4. The molecule has 1 aliphatic rings. The maximum absolute atomic E-state index is 12.6. The number of fused-ring (bicyclic) bond motifs is 2. The van der Waals surface area contributed by atoms with Crippen molar-refractivity contribution in [1.29, 1.82) is 0 Å². The van der Waals surface area contributed by atoms with Gasteiger partial charge in [-0.1, -0.05) is 18.2 Å². The molecule has 0 bridgehead atoms. The average Bonchev–Trinajstić information content (AvgIpc) is 3.48. The SMILES string of the molecule is CO[C@H]1CN[C@@H](COc2ccc3[nH]c(-c4cc5ccccc5[nH]c4=O)cc3c2)C1.O=C(O)C(F)(F)F. The number of alkyl halides is 3. The Kier molecular flexibility index (Phi) is 7.32. The number of halogens is 3. The second-order valence-corrected chi connectivity index (χ2v) is 8.34. The molecule has 0 radical (unpaired) electrons. The molecule has 2 atom stereocenters. The monoisotopic (exact) mass is 503 g/mol. The van der Waals surface area contributed by atoms with Crippen molar-refractivity contribution in [3.05, 3.63) is 65.0 Å². The number of rotatable bonds is 5. The Balaban J connectivity index is 0.000000384. The van der Waals surface area contributed by atoms with Crippen LogP contribution in [0.2, 0.25) is 0 Å². The molecule has 0 spiro atoms. The van der Waals surface area contributed by atoms with E-state index in [1.54, 1.807) is 7.11 Å². The highest BCUT2D eigenvalue weighted by molar-refractivity contribution is 5.89. The average molecular weight is 503 g/mol. The van der Waals surface area contributed by atoms with Crippen molar-refractivity contribution < 1.29 is 32.5 Å². The Morgan fingerprint density at radius 3 is 2.47 bits per heavy atom. The van der Waals surface area contributed by atoms with Gasteiger partial charge in [0.2, 0.25) is 0 Å². The fourth-order valence-electron chi connectivity index (χ4n) is 3.98. The number of aromatic amines is 2. The number of methoxy groups -OCH3 is 1. The molecule has 1 saturated heterocycles. The van der Waals surface area contributed by atoms with Gasteiger partial charge in [0.05, 0.1) is 17.4 Å². The smallest absolute Gasteiger partial charge is 0.490 e. The van der Waals surface area contributed by atoms with Crippen molar-refractivity contribution in [2.75, 3.05) is 20.3 Å². The molecule has 2 aromatic carbocycles. The van der Waals surface area contributed by atoms with Gasteiger partial charge in [0.25, 0.3) is 5.56 Å². The first-order valence-electron chi connectivity index (χ1n) is 11.1. The summed E-state index contributed by atoms with van der Waals surface area (Å²) in [7, 11) is 1.74. The lowest BCUT2D eigenvalue weighted by Crippen LogP contribution is -2.28. The first-order chi connectivity index (χ1) is 17.1. The minimum atomic E-state index is -5.08. The first kappa shape index (κ1) is 25.3. The summed E-state index contributed by atoms with van der Waals surface area (Å²) in [4.78, 5) is 27.8. The molecule has 0 aliphatic carbocycles. The lowest BCUT2D eigenvalue weighted by atomic mass is 10.1. The lowest BCUT2D eigenvalue weighted by Gasteiger charge is -2.12. The van der Waals surface area contributed by atoms with Crippen molar-refractivity contribution in [3.63, 3.8) is 0 Å². The molecule has 5 rings (SSSR count). The van der Waals surface area contributed by atoms with Gasteiger partial charge in [0, 0.05) is 36.1 Å². The Labute approximate surface area is 203 Å². The Bertz CT molecular complexity index is 1430. The minimum Gasteiger partial charge on any atom is -0.492 e. The van der Waals surface area contributed by atoms with Crippen LogP contribution in [0.4, 0.5) is 13.2 Å². The number of carboxylic acid groups (broad SMARTS) is 1. The van der Waals surface area contributed by atoms with Gasteiger partial charge in [0.1, 0.15) is 12.4 Å². The molecular formula is C25H24F3N3O5. The van der Waals surface area contributed by atoms with Gasteiger partial charge in [-0.05, 0) is 48.2 Å². The molecule has 1 fully saturated rings. The van der Waals surface area contributed by atoms with Gasteiger partial charge in [-0.3, -0.25) is 4.79 Å². The molecule has 0 saturated carbocycles. The predicted octanol–water partition coefficient (Wildman–Crippen LogP) is 4.07. The van der Waals surface area contributed by atoms with Crippen LogP contribution in [0.15, 0.2) is 59.4 Å². The number of carbonyl (C=O) groups is 1. The minimum absolute atomic E-state index is 0.105. The van der Waals surface area contributed by atoms with E-state index >= 15 is 0 Å². The summed E-state index contributed by atoms with van der Waals surface area (Å²) in [6.07, 6.45) is -3.86. The maximum atomic E-state index is 12.6. The number of carboxylic acids is 1. The number of hydrogen-bond acceptors (Lipinski definition) is 5. The van der Waals surface area contributed by atoms with Crippen LogP contribution in [-0.4, -0.2) is 59.6 Å². The van der Waals surface area contributed by atoms with Gasteiger partial charge in [0.15, 0.2) is 0 Å². The molecule has 2 aromatic heterocycles. The molecule has 190 valence electrons. The van der Waals surface area contributed by atoms with E-state index in [4.69, 9.17) is 19.4 Å². The zero-order chi connectivity index (χ0) is 25.9. The number of hydrogen-bond donors (Lipinski definition) is 4. The predicted molar refractivity (Wildman–Crippen MR) is 128 cm³/mol. The topological polar surface area (TPSA) is 116 Å². The molecule has 0 unspecified atom stereocenters. The number of benzene rings is 2. The number of H-pyrrole nitrogens is 2. The summed E-state index contributed by atoms with van der Waals surface area (Å²) in [6.45, 7) is 1.47. The van der Waals surface area contributed by atoms with E-state index < -0.39 is 12.1 Å². The van der Waals surface area contributed by atoms with Crippen LogP contribution in [0.1, 0.15) is 6.42 Å². The van der Waals surface area contributed by atoms with Crippen LogP contribution in [0.25, 0.3) is 33.1 Å². The van der Waals surface area contributed by atoms with E-state index in [9.17, 15) is 18.0 Å². The van der Waals surface area contributed by atoms with E-state index in [1.807, 2.05) is 54.6 Å². The fourth-order valence-corrected chi connectivity index (χ4v) is 3.98. The summed E-state index contributed by atoms with van der Waals surface area (Å²) in [5.41, 5.74) is 3.13.